The van der Waals surface area contributed by atoms with E-state index in [0.29, 0.717) is 14.5 Å². The molecule has 0 radical (unpaired) electrons. The van der Waals surface area contributed by atoms with Gasteiger partial charge in [0.25, 0.3) is 5.96 Å². The molecule has 0 aromatic carbocycles. The van der Waals surface area contributed by atoms with Crippen molar-refractivity contribution in [3.05, 3.63) is 24.6 Å². The van der Waals surface area contributed by atoms with Crippen LogP contribution < -0.4 is 10.6 Å². The van der Waals surface area contributed by atoms with Crippen molar-refractivity contribution >= 4 is 40.5 Å². The van der Waals surface area contributed by atoms with Gasteiger partial charge in [0.15, 0.2) is 9.50 Å². The van der Waals surface area contributed by atoms with Crippen LogP contribution >= 0.6 is 34.5 Å². The second-order valence-corrected chi connectivity index (χ2v) is 4.66. The van der Waals surface area contributed by atoms with Gasteiger partial charge in [0, 0.05) is 7.05 Å². The summed E-state index contributed by atoms with van der Waals surface area (Å²) in [6, 6.07) is 0. The smallest absolute Gasteiger partial charge is 0.268 e. The van der Waals surface area contributed by atoms with Gasteiger partial charge in [-0.2, -0.15) is 0 Å². The average Bonchev–Trinajstić information content (AvgIpc) is 2.51. The third kappa shape index (κ3) is 3.80. The van der Waals surface area contributed by atoms with Crippen molar-refractivity contribution in [1.82, 2.24) is 15.6 Å². The number of hydrogen-bond acceptors (Lipinski definition) is 4. The molecule has 1 heterocycles. The van der Waals surface area contributed by atoms with E-state index in [9.17, 15) is 10.1 Å². The molecule has 7 nitrogen and oxygen atoms in total. The van der Waals surface area contributed by atoms with E-state index in [0.717, 1.165) is 11.3 Å². The molecule has 0 amide bonds. The molecule has 0 saturated heterocycles. The average molecular weight is 284 g/mol. The van der Waals surface area contributed by atoms with Gasteiger partial charge in [0.2, 0.25) is 0 Å². The summed E-state index contributed by atoms with van der Waals surface area (Å²) in [6.45, 7) is 0.204. The van der Waals surface area contributed by atoms with Gasteiger partial charge in [0.1, 0.15) is 9.44 Å². The van der Waals surface area contributed by atoms with Crippen LogP contribution in [0.2, 0.25) is 8.80 Å². The number of guanidine groups is 1. The van der Waals surface area contributed by atoms with Gasteiger partial charge in [-0.15, -0.1) is 0 Å². The summed E-state index contributed by atoms with van der Waals surface area (Å²) in [5, 5.41) is 17.6. The van der Waals surface area contributed by atoms with Crippen molar-refractivity contribution in [2.45, 2.75) is 6.54 Å². The first-order chi connectivity index (χ1) is 7.52. The van der Waals surface area contributed by atoms with Gasteiger partial charge in [-0.25, -0.2) is 15.1 Å². The number of nitro groups is 1. The maximum absolute atomic E-state index is 10.1. The van der Waals surface area contributed by atoms with Crippen LogP contribution in [0.5, 0.6) is 0 Å². The topological polar surface area (TPSA) is 92.5 Å². The van der Waals surface area contributed by atoms with Crippen LogP contribution in [0.15, 0.2) is 5.10 Å². The summed E-state index contributed by atoms with van der Waals surface area (Å²) in [4.78, 5) is 14.1. The van der Waals surface area contributed by atoms with E-state index in [1.54, 1.807) is 0 Å². The van der Waals surface area contributed by atoms with E-state index in [-0.39, 0.29) is 12.5 Å². The monoisotopic (exact) mass is 283 g/mol. The minimum Gasteiger partial charge on any atom is -0.354 e. The number of aromatic nitrogens is 1. The Kier molecular flexibility index (Phi) is 4.71. The Balaban J connectivity index is 2.63. The van der Waals surface area contributed by atoms with E-state index in [2.05, 4.69) is 20.7 Å². The second kappa shape index (κ2) is 5.83. The van der Waals surface area contributed by atoms with Crippen LogP contribution in [0, 0.1) is 10.1 Å². The predicted molar refractivity (Wildman–Crippen MR) is 62.5 cm³/mol. The van der Waals surface area contributed by atoms with Crippen LogP contribution in [0.1, 0.15) is 5.69 Å². The second-order valence-electron chi connectivity index (χ2n) is 2.48. The summed E-state index contributed by atoms with van der Waals surface area (Å²) < 4.78 is 0.757. The minimum absolute atomic E-state index is 0.0187. The molecule has 0 aliphatic rings. The lowest BCUT2D eigenvalue weighted by molar-refractivity contribution is -0.485. The Bertz CT molecular complexity index is 421. The molecular weight excluding hydrogens is 277 g/mol. The van der Waals surface area contributed by atoms with Gasteiger partial charge in [0.05, 0.1) is 12.2 Å². The zero-order valence-electron chi connectivity index (χ0n) is 8.03. The standard InChI is InChI=1S/C6H7Cl2N5O2S/c1-9-6(12-13(14)15)10-2-3-4(7)16-5(8)11-3/h2H2,1H3,(H2,9,10,12). The zero-order valence-corrected chi connectivity index (χ0v) is 10.4. The summed E-state index contributed by atoms with van der Waals surface area (Å²) in [7, 11) is 1.50. The molecule has 0 saturated carbocycles. The molecule has 0 aliphatic carbocycles. The van der Waals surface area contributed by atoms with E-state index >= 15 is 0 Å². The van der Waals surface area contributed by atoms with Crippen LogP contribution in [0.4, 0.5) is 0 Å². The lowest BCUT2D eigenvalue weighted by Crippen LogP contribution is -2.35. The maximum atomic E-state index is 10.1. The highest BCUT2D eigenvalue weighted by Gasteiger charge is 2.09. The van der Waals surface area contributed by atoms with Gasteiger partial charge in [-0.3, -0.25) is 0 Å². The molecule has 1 aromatic rings. The fourth-order valence-electron chi connectivity index (χ4n) is 0.838. The summed E-state index contributed by atoms with van der Waals surface area (Å²) in [5.74, 6) is 0.0187. The number of hydrazone groups is 1. The van der Waals surface area contributed by atoms with Crippen molar-refractivity contribution in [2.75, 3.05) is 7.05 Å². The molecule has 1 rings (SSSR count). The molecule has 2 N–H and O–H groups in total. The quantitative estimate of drug-likeness (QED) is 0.378. The normalized spacial score (nSPS) is 11.3. The number of nitrogens with zero attached hydrogens (tertiary/aromatic N) is 3. The van der Waals surface area contributed by atoms with Crippen molar-refractivity contribution < 1.29 is 5.03 Å². The van der Waals surface area contributed by atoms with Gasteiger partial charge in [-0.1, -0.05) is 34.5 Å². The summed E-state index contributed by atoms with van der Waals surface area (Å²) >= 11 is 12.6. The number of nitrogens with one attached hydrogen (secondary N) is 2. The Morgan fingerprint density at radius 2 is 2.38 bits per heavy atom. The predicted octanol–water partition coefficient (Wildman–Crippen LogP) is 1.31. The first-order valence-corrected chi connectivity index (χ1v) is 5.55. The maximum Gasteiger partial charge on any atom is 0.268 e. The lowest BCUT2D eigenvalue weighted by Gasteiger charge is -2.03. The number of thiazole rings is 1. The Hall–Kier alpha value is -1.12. The van der Waals surface area contributed by atoms with E-state index in [1.807, 2.05) is 0 Å². The van der Waals surface area contributed by atoms with E-state index in [1.165, 1.54) is 7.05 Å². The van der Waals surface area contributed by atoms with Gasteiger partial charge >= 0.3 is 0 Å². The number of halogens is 2. The van der Waals surface area contributed by atoms with Crippen LogP contribution in [0.3, 0.4) is 0 Å². The van der Waals surface area contributed by atoms with Gasteiger partial charge < -0.3 is 10.6 Å². The van der Waals surface area contributed by atoms with Crippen LogP contribution in [-0.2, 0) is 6.54 Å². The Morgan fingerprint density at radius 3 is 2.81 bits per heavy atom. The van der Waals surface area contributed by atoms with Crippen molar-refractivity contribution in [3.63, 3.8) is 0 Å². The molecule has 0 spiro atoms. The number of rotatable bonds is 3. The fraction of sp³-hybridized carbons (Fsp3) is 0.333. The van der Waals surface area contributed by atoms with E-state index in [4.69, 9.17) is 23.2 Å². The zero-order chi connectivity index (χ0) is 12.1. The van der Waals surface area contributed by atoms with Crippen LogP contribution in [0.25, 0.3) is 0 Å². The highest BCUT2D eigenvalue weighted by Crippen LogP contribution is 2.27. The molecule has 0 bridgehead atoms. The molecule has 1 aromatic heterocycles. The molecule has 0 aliphatic heterocycles. The fourth-order valence-corrected chi connectivity index (χ4v) is 2.16. The Morgan fingerprint density at radius 1 is 1.69 bits per heavy atom. The largest absolute Gasteiger partial charge is 0.354 e. The third-order valence-corrected chi connectivity index (χ3v) is 2.91. The molecule has 0 fully saturated rings. The van der Waals surface area contributed by atoms with E-state index < -0.39 is 5.03 Å². The molecular formula is C6H7Cl2N5O2S. The lowest BCUT2D eigenvalue weighted by atomic mass is 10.5. The van der Waals surface area contributed by atoms with Crippen molar-refractivity contribution in [1.29, 1.82) is 0 Å². The van der Waals surface area contributed by atoms with Crippen molar-refractivity contribution in [2.24, 2.45) is 5.10 Å². The summed E-state index contributed by atoms with van der Waals surface area (Å²) in [5.41, 5.74) is 0.517. The Labute approximate surface area is 105 Å². The SMILES string of the molecule is CNC(=N[N+](=O)[O-])NCc1nc(Cl)sc1Cl. The summed E-state index contributed by atoms with van der Waals surface area (Å²) in [6.07, 6.45) is 0. The molecule has 10 heteroatoms. The van der Waals surface area contributed by atoms with Crippen molar-refractivity contribution in [3.8, 4) is 0 Å². The minimum atomic E-state index is -0.811. The first-order valence-electron chi connectivity index (χ1n) is 3.98. The first kappa shape index (κ1) is 12.9. The highest BCUT2D eigenvalue weighted by atomic mass is 35.5. The van der Waals surface area contributed by atoms with Crippen LogP contribution in [-0.4, -0.2) is 23.0 Å². The third-order valence-electron chi connectivity index (χ3n) is 1.47. The number of hydrogen-bond donors (Lipinski definition) is 2. The highest BCUT2D eigenvalue weighted by molar-refractivity contribution is 7.19. The molecule has 88 valence electrons. The molecule has 16 heavy (non-hydrogen) atoms. The molecule has 0 atom stereocenters. The molecule has 0 unspecified atom stereocenters. The van der Waals surface area contributed by atoms with Gasteiger partial charge in [-0.05, 0) is 0 Å².